The Balaban J connectivity index is 1.51. The molecule has 0 bridgehead atoms. The number of aromatic amines is 2. The van der Waals surface area contributed by atoms with Gasteiger partial charge in [-0.15, -0.1) is 0 Å². The maximum atomic E-state index is 12.4. The predicted octanol–water partition coefficient (Wildman–Crippen LogP) is 4.05. The summed E-state index contributed by atoms with van der Waals surface area (Å²) in [5, 5.41) is 4.05. The van der Waals surface area contributed by atoms with Crippen LogP contribution in [0, 0.1) is 6.92 Å². The summed E-state index contributed by atoms with van der Waals surface area (Å²) in [5.74, 6) is 0.737. The highest BCUT2D eigenvalue weighted by atomic mass is 16.1. The molecule has 5 nitrogen and oxygen atoms in total. The third kappa shape index (κ3) is 3.17. The van der Waals surface area contributed by atoms with E-state index in [-0.39, 0.29) is 5.91 Å². The number of H-pyrrole nitrogens is 2. The number of aryl methyl sites for hydroxylation is 1. The Kier molecular flexibility index (Phi) is 3.82. The van der Waals surface area contributed by atoms with E-state index in [1.807, 2.05) is 30.5 Å². The van der Waals surface area contributed by atoms with Crippen molar-refractivity contribution in [3.63, 3.8) is 0 Å². The molecule has 0 aliphatic rings. The van der Waals surface area contributed by atoms with Gasteiger partial charge in [0.05, 0.1) is 6.42 Å². The van der Waals surface area contributed by atoms with Crippen LogP contribution in [-0.2, 0) is 11.2 Å². The molecule has 0 unspecified atom stereocenters. The van der Waals surface area contributed by atoms with Crippen molar-refractivity contribution in [3.8, 4) is 11.4 Å². The second kappa shape index (κ2) is 6.28. The van der Waals surface area contributed by atoms with E-state index in [1.165, 1.54) is 5.56 Å². The number of benzene rings is 2. The largest absolute Gasteiger partial charge is 0.361 e. The van der Waals surface area contributed by atoms with Crippen LogP contribution in [0.1, 0.15) is 11.1 Å². The molecular weight excluding hydrogens is 312 g/mol. The minimum Gasteiger partial charge on any atom is -0.361 e. The van der Waals surface area contributed by atoms with E-state index in [2.05, 4.69) is 45.4 Å². The predicted molar refractivity (Wildman–Crippen MR) is 99.4 cm³/mol. The van der Waals surface area contributed by atoms with Crippen molar-refractivity contribution in [1.82, 2.24) is 15.0 Å². The lowest BCUT2D eigenvalue weighted by Crippen LogP contribution is -2.14. The van der Waals surface area contributed by atoms with Crippen molar-refractivity contribution >= 4 is 22.5 Å². The van der Waals surface area contributed by atoms with Crippen LogP contribution < -0.4 is 5.32 Å². The van der Waals surface area contributed by atoms with Gasteiger partial charge in [0.25, 0.3) is 0 Å². The molecule has 2 aromatic heterocycles. The summed E-state index contributed by atoms with van der Waals surface area (Å²) in [5.41, 5.74) is 4.94. The van der Waals surface area contributed by atoms with Crippen LogP contribution in [0.2, 0.25) is 0 Å². The third-order valence-corrected chi connectivity index (χ3v) is 4.19. The number of anilines is 1. The molecule has 0 fully saturated rings. The molecule has 0 spiro atoms. The van der Waals surface area contributed by atoms with Crippen molar-refractivity contribution in [2.24, 2.45) is 0 Å². The molecule has 0 aliphatic carbocycles. The molecule has 0 saturated heterocycles. The van der Waals surface area contributed by atoms with Crippen molar-refractivity contribution in [1.29, 1.82) is 0 Å². The molecule has 2 heterocycles. The number of amides is 1. The highest BCUT2D eigenvalue weighted by Crippen LogP contribution is 2.22. The summed E-state index contributed by atoms with van der Waals surface area (Å²) in [6.07, 6.45) is 5.72. The van der Waals surface area contributed by atoms with Crippen molar-refractivity contribution < 1.29 is 4.79 Å². The third-order valence-electron chi connectivity index (χ3n) is 4.19. The molecule has 124 valence electrons. The molecule has 4 aromatic rings. The summed E-state index contributed by atoms with van der Waals surface area (Å²) in [7, 11) is 0. The van der Waals surface area contributed by atoms with Crippen LogP contribution in [0.4, 0.5) is 5.69 Å². The standard InChI is InChI=1S/C20H18N4O/c1-13-5-6-17-15(12-23-18(17)9-13)11-19(25)24-16-4-2-3-14(10-16)20-21-7-8-22-20/h2-10,12,23H,11H2,1H3,(H,21,22)(H,24,25). The van der Waals surface area contributed by atoms with Gasteiger partial charge in [-0.2, -0.15) is 0 Å². The molecule has 1 amide bonds. The van der Waals surface area contributed by atoms with Gasteiger partial charge in [0.2, 0.25) is 5.91 Å². The summed E-state index contributed by atoms with van der Waals surface area (Å²) >= 11 is 0. The molecule has 0 aliphatic heterocycles. The molecule has 3 N–H and O–H groups in total. The molecule has 25 heavy (non-hydrogen) atoms. The zero-order chi connectivity index (χ0) is 17.2. The van der Waals surface area contributed by atoms with Gasteiger partial charge in [0.1, 0.15) is 5.82 Å². The Bertz CT molecular complexity index is 1030. The summed E-state index contributed by atoms with van der Waals surface area (Å²) < 4.78 is 0. The maximum absolute atomic E-state index is 12.4. The number of carbonyl (C=O) groups is 1. The minimum atomic E-state index is -0.0435. The lowest BCUT2D eigenvalue weighted by molar-refractivity contribution is -0.115. The normalized spacial score (nSPS) is 10.9. The van der Waals surface area contributed by atoms with Gasteiger partial charge in [-0.3, -0.25) is 4.79 Å². The lowest BCUT2D eigenvalue weighted by Gasteiger charge is -2.06. The summed E-state index contributed by atoms with van der Waals surface area (Å²) in [6.45, 7) is 2.05. The fourth-order valence-electron chi connectivity index (χ4n) is 2.99. The Hall–Kier alpha value is -3.34. The highest BCUT2D eigenvalue weighted by molar-refractivity contribution is 5.96. The average Bonchev–Trinajstić information content (AvgIpc) is 3.25. The van der Waals surface area contributed by atoms with Crippen LogP contribution >= 0.6 is 0 Å². The fourth-order valence-corrected chi connectivity index (χ4v) is 2.99. The number of nitrogens with one attached hydrogen (secondary N) is 3. The average molecular weight is 330 g/mol. The molecule has 4 rings (SSSR count). The Morgan fingerprint density at radius 3 is 2.92 bits per heavy atom. The zero-order valence-electron chi connectivity index (χ0n) is 13.8. The van der Waals surface area contributed by atoms with Crippen LogP contribution in [0.25, 0.3) is 22.3 Å². The van der Waals surface area contributed by atoms with Crippen molar-refractivity contribution in [2.45, 2.75) is 13.3 Å². The first-order valence-electron chi connectivity index (χ1n) is 8.15. The van der Waals surface area contributed by atoms with E-state index in [1.54, 1.807) is 12.4 Å². The van der Waals surface area contributed by atoms with Gasteiger partial charge in [0.15, 0.2) is 0 Å². The van der Waals surface area contributed by atoms with Crippen LogP contribution in [-0.4, -0.2) is 20.9 Å². The van der Waals surface area contributed by atoms with E-state index in [9.17, 15) is 4.79 Å². The minimum absolute atomic E-state index is 0.0435. The van der Waals surface area contributed by atoms with Gasteiger partial charge in [0, 0.05) is 40.7 Å². The second-order valence-electron chi connectivity index (χ2n) is 6.11. The van der Waals surface area contributed by atoms with E-state index >= 15 is 0 Å². The van der Waals surface area contributed by atoms with Crippen LogP contribution in [0.15, 0.2) is 61.1 Å². The second-order valence-corrected chi connectivity index (χ2v) is 6.11. The van der Waals surface area contributed by atoms with E-state index in [0.717, 1.165) is 33.5 Å². The number of rotatable bonds is 4. The molecule has 0 atom stereocenters. The van der Waals surface area contributed by atoms with E-state index in [0.29, 0.717) is 6.42 Å². The number of nitrogens with zero attached hydrogens (tertiary/aromatic N) is 1. The number of hydrogen-bond acceptors (Lipinski definition) is 2. The number of hydrogen-bond donors (Lipinski definition) is 3. The Labute approximate surface area is 145 Å². The van der Waals surface area contributed by atoms with Gasteiger partial charge in [-0.25, -0.2) is 4.98 Å². The van der Waals surface area contributed by atoms with Crippen LogP contribution in [0.5, 0.6) is 0 Å². The number of carbonyl (C=O) groups excluding carboxylic acids is 1. The van der Waals surface area contributed by atoms with Gasteiger partial charge >= 0.3 is 0 Å². The summed E-state index contributed by atoms with van der Waals surface area (Å²) in [6, 6.07) is 13.9. The van der Waals surface area contributed by atoms with Gasteiger partial charge in [-0.05, 0) is 36.2 Å². The Morgan fingerprint density at radius 1 is 1.16 bits per heavy atom. The molecular formula is C20H18N4O. The van der Waals surface area contributed by atoms with Crippen molar-refractivity contribution in [3.05, 3.63) is 72.2 Å². The molecule has 2 aromatic carbocycles. The molecule has 0 radical (unpaired) electrons. The first kappa shape index (κ1) is 15.2. The monoisotopic (exact) mass is 330 g/mol. The smallest absolute Gasteiger partial charge is 0.228 e. The zero-order valence-corrected chi connectivity index (χ0v) is 13.8. The topological polar surface area (TPSA) is 73.6 Å². The van der Waals surface area contributed by atoms with Crippen LogP contribution in [0.3, 0.4) is 0 Å². The number of imidazole rings is 1. The first-order chi connectivity index (χ1) is 12.2. The molecule has 5 heteroatoms. The number of fused-ring (bicyclic) bond motifs is 1. The van der Waals surface area contributed by atoms with Crippen molar-refractivity contribution in [2.75, 3.05) is 5.32 Å². The quantitative estimate of drug-likeness (QED) is 0.528. The van der Waals surface area contributed by atoms with Gasteiger partial charge < -0.3 is 15.3 Å². The Morgan fingerprint density at radius 2 is 2.08 bits per heavy atom. The summed E-state index contributed by atoms with van der Waals surface area (Å²) in [4.78, 5) is 23.0. The maximum Gasteiger partial charge on any atom is 0.228 e. The lowest BCUT2D eigenvalue weighted by atomic mass is 10.1. The fraction of sp³-hybridized carbons (Fsp3) is 0.100. The SMILES string of the molecule is Cc1ccc2c(CC(=O)Nc3cccc(-c4ncc[nH]4)c3)c[nH]c2c1. The van der Waals surface area contributed by atoms with E-state index < -0.39 is 0 Å². The van der Waals surface area contributed by atoms with E-state index in [4.69, 9.17) is 0 Å². The number of aromatic nitrogens is 3. The highest BCUT2D eigenvalue weighted by Gasteiger charge is 2.10. The molecule has 0 saturated carbocycles. The first-order valence-corrected chi connectivity index (χ1v) is 8.15. The van der Waals surface area contributed by atoms with Gasteiger partial charge in [-0.1, -0.05) is 24.3 Å².